The average Bonchev–Trinajstić information content (AvgIpc) is 2.94. The van der Waals surface area contributed by atoms with Crippen molar-refractivity contribution in [1.82, 2.24) is 9.21 Å². The van der Waals surface area contributed by atoms with Crippen LogP contribution in [0.15, 0.2) is 29.2 Å². The third-order valence-corrected chi connectivity index (χ3v) is 6.02. The summed E-state index contributed by atoms with van der Waals surface area (Å²) >= 11 is 0. The Labute approximate surface area is 144 Å². The van der Waals surface area contributed by atoms with Crippen LogP contribution in [0.25, 0.3) is 0 Å². The van der Waals surface area contributed by atoms with Gasteiger partial charge in [0.25, 0.3) is 5.91 Å². The van der Waals surface area contributed by atoms with E-state index in [1.165, 1.54) is 16.4 Å². The molecule has 1 fully saturated rings. The van der Waals surface area contributed by atoms with E-state index in [4.69, 9.17) is 5.73 Å². The van der Waals surface area contributed by atoms with Gasteiger partial charge in [-0.1, -0.05) is 13.8 Å². The molecule has 1 amide bonds. The first-order valence-electron chi connectivity index (χ1n) is 7.55. The first-order valence-corrected chi connectivity index (χ1v) is 8.99. The molecule has 2 rings (SSSR count). The Kier molecular flexibility index (Phi) is 7.01. The Bertz CT molecular complexity index is 630. The van der Waals surface area contributed by atoms with Crippen LogP contribution in [0, 0.1) is 0 Å². The molecule has 6 nitrogen and oxygen atoms in total. The van der Waals surface area contributed by atoms with Crippen LogP contribution in [0.3, 0.4) is 0 Å². The summed E-state index contributed by atoms with van der Waals surface area (Å²) in [5, 5.41) is 0. The highest BCUT2D eigenvalue weighted by Crippen LogP contribution is 2.18. The second-order valence-corrected chi connectivity index (χ2v) is 7.35. The number of halogens is 1. The number of sulfonamides is 1. The highest BCUT2D eigenvalue weighted by molar-refractivity contribution is 7.89. The first kappa shape index (κ1) is 19.9. The average molecular weight is 362 g/mol. The topological polar surface area (TPSA) is 83.7 Å². The van der Waals surface area contributed by atoms with E-state index in [0.717, 1.165) is 6.42 Å². The van der Waals surface area contributed by atoms with Crippen molar-refractivity contribution in [3.8, 4) is 0 Å². The van der Waals surface area contributed by atoms with Crippen molar-refractivity contribution in [2.75, 3.05) is 26.2 Å². The number of nitrogens with two attached hydrogens (primary N) is 1. The van der Waals surface area contributed by atoms with E-state index in [2.05, 4.69) is 0 Å². The number of rotatable bonds is 5. The predicted molar refractivity (Wildman–Crippen MR) is 92.3 cm³/mol. The maximum atomic E-state index is 12.4. The minimum absolute atomic E-state index is 0. The van der Waals surface area contributed by atoms with Crippen molar-refractivity contribution >= 4 is 28.3 Å². The molecule has 1 saturated heterocycles. The quantitative estimate of drug-likeness (QED) is 0.857. The summed E-state index contributed by atoms with van der Waals surface area (Å²) in [5.74, 6) is -0.0975. The fourth-order valence-corrected chi connectivity index (χ4v) is 4.09. The lowest BCUT2D eigenvalue weighted by molar-refractivity contribution is 0.0791. The summed E-state index contributed by atoms with van der Waals surface area (Å²) in [5.41, 5.74) is 6.30. The van der Waals surface area contributed by atoms with E-state index in [-0.39, 0.29) is 29.3 Å². The highest BCUT2D eigenvalue weighted by Gasteiger charge is 2.26. The number of amides is 1. The molecular weight excluding hydrogens is 338 g/mol. The van der Waals surface area contributed by atoms with Gasteiger partial charge in [-0.15, -0.1) is 12.4 Å². The Morgan fingerprint density at radius 2 is 1.83 bits per heavy atom. The van der Waals surface area contributed by atoms with Crippen molar-refractivity contribution < 1.29 is 13.2 Å². The van der Waals surface area contributed by atoms with E-state index >= 15 is 0 Å². The fraction of sp³-hybridized carbons (Fsp3) is 0.533. The smallest absolute Gasteiger partial charge is 0.253 e. The molecule has 0 aliphatic carbocycles. The van der Waals surface area contributed by atoms with Crippen LogP contribution in [0.2, 0.25) is 0 Å². The molecule has 0 saturated carbocycles. The lowest BCUT2D eigenvalue weighted by Gasteiger charge is -2.19. The minimum Gasteiger partial charge on any atom is -0.337 e. The van der Waals surface area contributed by atoms with Gasteiger partial charge >= 0.3 is 0 Å². The van der Waals surface area contributed by atoms with Crippen LogP contribution in [0.4, 0.5) is 0 Å². The molecule has 0 aromatic heterocycles. The Hall–Kier alpha value is -1.15. The van der Waals surface area contributed by atoms with Gasteiger partial charge in [0, 0.05) is 37.8 Å². The van der Waals surface area contributed by atoms with Gasteiger partial charge < -0.3 is 10.6 Å². The molecule has 2 N–H and O–H groups in total. The second kappa shape index (κ2) is 8.10. The van der Waals surface area contributed by atoms with E-state index < -0.39 is 10.0 Å². The van der Waals surface area contributed by atoms with Gasteiger partial charge in [0.2, 0.25) is 10.0 Å². The summed E-state index contributed by atoms with van der Waals surface area (Å²) in [6.45, 7) is 5.65. The lowest BCUT2D eigenvalue weighted by Crippen LogP contribution is -2.32. The molecule has 1 aromatic carbocycles. The zero-order valence-corrected chi connectivity index (χ0v) is 15.1. The molecule has 130 valence electrons. The molecular formula is C15H24ClN3O3S. The van der Waals surface area contributed by atoms with E-state index in [9.17, 15) is 13.2 Å². The van der Waals surface area contributed by atoms with Gasteiger partial charge in [0.15, 0.2) is 0 Å². The molecule has 1 aromatic rings. The van der Waals surface area contributed by atoms with Crippen LogP contribution in [-0.2, 0) is 10.0 Å². The second-order valence-electron chi connectivity index (χ2n) is 5.41. The number of hydrogen-bond donors (Lipinski definition) is 1. The van der Waals surface area contributed by atoms with Gasteiger partial charge in [-0.2, -0.15) is 4.31 Å². The molecule has 0 unspecified atom stereocenters. The molecule has 8 heteroatoms. The van der Waals surface area contributed by atoms with Crippen molar-refractivity contribution in [3.63, 3.8) is 0 Å². The van der Waals surface area contributed by atoms with E-state index in [0.29, 0.717) is 31.7 Å². The van der Waals surface area contributed by atoms with Crippen LogP contribution in [0.1, 0.15) is 30.6 Å². The highest BCUT2D eigenvalue weighted by atomic mass is 35.5. The third-order valence-electron chi connectivity index (χ3n) is 3.96. The first-order chi connectivity index (χ1) is 10.4. The molecule has 1 aliphatic heterocycles. The standard InChI is InChI=1S/C15H23N3O3S.ClH/c1-3-18(4-2)22(20,21)14-7-5-12(6-8-14)15(19)17-10-9-13(16)11-17;/h5-8,13H,3-4,9-11,16H2,1-2H3;1H/t13-;/m1./s1. The molecule has 1 atom stereocenters. The van der Waals surface area contributed by atoms with Crippen LogP contribution >= 0.6 is 12.4 Å². The SMILES string of the molecule is CCN(CC)S(=O)(=O)c1ccc(C(=O)N2CC[C@@H](N)C2)cc1.Cl. The summed E-state index contributed by atoms with van der Waals surface area (Å²) < 4.78 is 26.2. The monoisotopic (exact) mass is 361 g/mol. The molecule has 23 heavy (non-hydrogen) atoms. The van der Waals surface area contributed by atoms with E-state index in [1.807, 2.05) is 0 Å². The summed E-state index contributed by atoms with van der Waals surface area (Å²) in [6.07, 6.45) is 0.806. The van der Waals surface area contributed by atoms with Crippen molar-refractivity contribution in [3.05, 3.63) is 29.8 Å². The number of nitrogens with zero attached hydrogens (tertiary/aromatic N) is 2. The summed E-state index contributed by atoms with van der Waals surface area (Å²) in [4.78, 5) is 14.2. The van der Waals surface area contributed by atoms with Crippen molar-refractivity contribution in [1.29, 1.82) is 0 Å². The molecule has 0 radical (unpaired) electrons. The van der Waals surface area contributed by atoms with Crippen LogP contribution in [-0.4, -0.2) is 55.8 Å². The van der Waals surface area contributed by atoms with Crippen molar-refractivity contribution in [2.45, 2.75) is 31.2 Å². The molecule has 1 heterocycles. The molecule has 0 bridgehead atoms. The molecule has 1 aliphatic rings. The third kappa shape index (κ3) is 4.23. The molecule has 0 spiro atoms. The number of benzene rings is 1. The zero-order chi connectivity index (χ0) is 16.3. The van der Waals surface area contributed by atoms with Crippen molar-refractivity contribution in [2.24, 2.45) is 5.73 Å². The fourth-order valence-electron chi connectivity index (χ4n) is 2.64. The maximum absolute atomic E-state index is 12.4. The minimum atomic E-state index is -3.48. The van der Waals surface area contributed by atoms with Crippen LogP contribution in [0.5, 0.6) is 0 Å². The largest absolute Gasteiger partial charge is 0.337 e. The Morgan fingerprint density at radius 3 is 2.26 bits per heavy atom. The number of hydrogen-bond acceptors (Lipinski definition) is 4. The lowest BCUT2D eigenvalue weighted by atomic mass is 10.2. The van der Waals surface area contributed by atoms with Gasteiger partial charge in [0.05, 0.1) is 4.90 Å². The Balaban J connectivity index is 0.00000264. The predicted octanol–water partition coefficient (Wildman–Crippen LogP) is 1.31. The van der Waals surface area contributed by atoms with Crippen LogP contribution < -0.4 is 5.73 Å². The normalized spacial score (nSPS) is 18.1. The summed E-state index contributed by atoms with van der Waals surface area (Å²) in [7, 11) is -3.48. The van der Waals surface area contributed by atoms with Gasteiger partial charge in [-0.25, -0.2) is 8.42 Å². The van der Waals surface area contributed by atoms with Gasteiger partial charge in [-0.3, -0.25) is 4.79 Å². The van der Waals surface area contributed by atoms with Gasteiger partial charge in [0.1, 0.15) is 0 Å². The van der Waals surface area contributed by atoms with E-state index in [1.54, 1.807) is 30.9 Å². The number of likely N-dealkylation sites (tertiary alicyclic amines) is 1. The number of carbonyl (C=O) groups is 1. The Morgan fingerprint density at radius 1 is 1.26 bits per heavy atom. The maximum Gasteiger partial charge on any atom is 0.253 e. The summed E-state index contributed by atoms with van der Waals surface area (Å²) in [6, 6.07) is 6.17. The zero-order valence-electron chi connectivity index (χ0n) is 13.4. The number of carbonyl (C=O) groups excluding carboxylic acids is 1. The van der Waals surface area contributed by atoms with Gasteiger partial charge in [-0.05, 0) is 30.7 Å².